The molecule has 4 fully saturated rings. The van der Waals surface area contributed by atoms with E-state index in [2.05, 4.69) is 241 Å². The second-order valence-electron chi connectivity index (χ2n) is 20.5. The smallest absolute Gasteiger partial charge is 0.0541 e. The van der Waals surface area contributed by atoms with Crippen molar-refractivity contribution in [2.45, 2.75) is 50.9 Å². The summed E-state index contributed by atoms with van der Waals surface area (Å²) in [6.07, 6.45) is 8.41. The first-order chi connectivity index (χ1) is 33.5. The van der Waals surface area contributed by atoms with Crippen LogP contribution in [0.15, 0.2) is 224 Å². The maximum absolute atomic E-state index is 2.53. The molecule has 14 rings (SSSR count). The highest BCUT2D eigenvalue weighted by Gasteiger charge is 2.52. The van der Waals surface area contributed by atoms with E-state index in [1.54, 1.807) is 5.56 Å². The van der Waals surface area contributed by atoms with Gasteiger partial charge in [-0.05, 0) is 173 Å². The zero-order chi connectivity index (χ0) is 45.2. The number of nitrogens with zero attached hydrogens (tertiary/aromatic N) is 2. The molecule has 0 saturated heterocycles. The number of hydrogen-bond acceptors (Lipinski definition) is 1. The zero-order valence-electron chi connectivity index (χ0n) is 38.8. The molecule has 4 saturated carbocycles. The van der Waals surface area contributed by atoms with Gasteiger partial charge in [0.15, 0.2) is 0 Å². The Labute approximate surface area is 401 Å². The van der Waals surface area contributed by atoms with Crippen molar-refractivity contribution in [3.05, 3.63) is 230 Å². The second kappa shape index (κ2) is 16.7. The predicted molar refractivity (Wildman–Crippen MR) is 286 cm³/mol. The van der Waals surface area contributed by atoms with Crippen molar-refractivity contribution in [2.24, 2.45) is 23.7 Å². The fraction of sp³-hybridized carbons (Fsp3) is 0.182. The van der Waals surface area contributed by atoms with Crippen molar-refractivity contribution in [3.63, 3.8) is 0 Å². The van der Waals surface area contributed by atoms with Crippen LogP contribution < -0.4 is 4.90 Å². The molecule has 0 amide bonds. The maximum atomic E-state index is 2.53. The minimum atomic E-state index is 0.307. The molecular weight excluding hydrogens is 821 g/mol. The lowest BCUT2D eigenvalue weighted by atomic mass is 9.67. The molecule has 330 valence electrons. The molecular formula is C66H56N2. The molecule has 1 aromatic heterocycles. The van der Waals surface area contributed by atoms with Gasteiger partial charge in [0.1, 0.15) is 0 Å². The molecule has 4 aliphatic carbocycles. The maximum Gasteiger partial charge on any atom is 0.0541 e. The molecule has 3 unspecified atom stereocenters. The van der Waals surface area contributed by atoms with E-state index >= 15 is 0 Å². The number of para-hydroxylation sites is 3. The van der Waals surface area contributed by atoms with E-state index in [0.29, 0.717) is 5.41 Å². The molecule has 5 atom stereocenters. The highest BCUT2D eigenvalue weighted by atomic mass is 15.1. The van der Waals surface area contributed by atoms with Crippen LogP contribution in [0.3, 0.4) is 0 Å². The highest BCUT2D eigenvalue weighted by molar-refractivity contribution is 6.09. The highest BCUT2D eigenvalue weighted by Crippen LogP contribution is 2.61. The Morgan fingerprint density at radius 2 is 0.868 bits per heavy atom. The molecule has 9 aromatic carbocycles. The van der Waals surface area contributed by atoms with Gasteiger partial charge < -0.3 is 9.47 Å². The van der Waals surface area contributed by atoms with Gasteiger partial charge in [0, 0.05) is 33.4 Å². The Morgan fingerprint density at radius 1 is 0.397 bits per heavy atom. The normalized spacial score (nSPS) is 20.7. The van der Waals surface area contributed by atoms with Crippen LogP contribution in [0.4, 0.5) is 17.1 Å². The van der Waals surface area contributed by atoms with Crippen molar-refractivity contribution in [3.8, 4) is 50.2 Å². The van der Waals surface area contributed by atoms with Gasteiger partial charge in [-0.1, -0.05) is 171 Å². The van der Waals surface area contributed by atoms with E-state index in [-0.39, 0.29) is 0 Å². The van der Waals surface area contributed by atoms with E-state index in [0.717, 1.165) is 35.0 Å². The minimum absolute atomic E-state index is 0.307. The summed E-state index contributed by atoms with van der Waals surface area (Å²) in [5.74, 6) is 3.58. The summed E-state index contributed by atoms with van der Waals surface area (Å²) in [5, 5.41) is 2.55. The van der Waals surface area contributed by atoms with Crippen molar-refractivity contribution in [2.75, 3.05) is 4.90 Å². The van der Waals surface area contributed by atoms with Gasteiger partial charge in [0.2, 0.25) is 0 Å². The number of anilines is 3. The molecule has 4 aliphatic rings. The quantitative estimate of drug-likeness (QED) is 0.140. The summed E-state index contributed by atoms with van der Waals surface area (Å²) in [7, 11) is 0. The Hall–Kier alpha value is -7.42. The molecule has 0 aliphatic heterocycles. The second-order valence-corrected chi connectivity index (χ2v) is 20.5. The van der Waals surface area contributed by atoms with Crippen LogP contribution in [0, 0.1) is 23.7 Å². The van der Waals surface area contributed by atoms with Crippen molar-refractivity contribution in [1.29, 1.82) is 0 Å². The summed E-state index contributed by atoms with van der Waals surface area (Å²) in [4.78, 5) is 2.48. The number of hydrogen-bond donors (Lipinski definition) is 0. The third-order valence-corrected chi connectivity index (χ3v) is 16.2. The zero-order valence-corrected chi connectivity index (χ0v) is 38.8. The van der Waals surface area contributed by atoms with Gasteiger partial charge in [-0.3, -0.25) is 0 Å². The Kier molecular flexibility index (Phi) is 10.0. The minimum Gasteiger partial charge on any atom is -0.310 e. The summed E-state index contributed by atoms with van der Waals surface area (Å²) >= 11 is 0. The topological polar surface area (TPSA) is 8.17 Å². The largest absolute Gasteiger partial charge is 0.310 e. The van der Waals surface area contributed by atoms with Crippen LogP contribution in [0.25, 0.3) is 72.0 Å². The van der Waals surface area contributed by atoms with Crippen LogP contribution in [0.2, 0.25) is 0 Å². The molecule has 4 bridgehead atoms. The van der Waals surface area contributed by atoms with Crippen LogP contribution >= 0.6 is 0 Å². The Bertz CT molecular complexity index is 3290. The van der Waals surface area contributed by atoms with E-state index in [1.165, 1.54) is 116 Å². The number of fused-ring (bicyclic) bond motifs is 5. The van der Waals surface area contributed by atoms with Crippen molar-refractivity contribution < 1.29 is 0 Å². The van der Waals surface area contributed by atoms with E-state index in [9.17, 15) is 0 Å². The first-order valence-electron chi connectivity index (χ1n) is 25.0. The third-order valence-electron chi connectivity index (χ3n) is 16.2. The molecule has 2 heteroatoms. The first kappa shape index (κ1) is 40.8. The predicted octanol–water partition coefficient (Wildman–Crippen LogP) is 18.0. The number of benzene rings is 9. The van der Waals surface area contributed by atoms with E-state index < -0.39 is 0 Å². The molecule has 1 heterocycles. The van der Waals surface area contributed by atoms with Gasteiger partial charge >= 0.3 is 0 Å². The lowest BCUT2D eigenvalue weighted by molar-refractivity contribution is 0.229. The van der Waals surface area contributed by atoms with Crippen LogP contribution in [0.1, 0.15) is 51.0 Å². The molecule has 2 nitrogen and oxygen atoms in total. The standard InChI is InChI=1S/C66H56N2/c1-45-36-46-37-54-43-66(42-45,44-55(54)38-46)56-30-34-58(35-31-56)67(59-40-52(47-14-4-2-5-15-47)39-53(41-59)48-16-6-3-7-17-48)57-32-28-50(29-33-57)49-24-26-51(27-25-49)60-18-8-11-21-63(60)68-64-22-12-9-19-61(64)62-20-10-13-23-65(62)68/h2-35,39-41,45-46,54-55H,36-38,42-44H2,1H3/t45-,46?,54-,55?,66?/m0/s1. The number of aromatic nitrogens is 1. The van der Waals surface area contributed by atoms with Crippen LogP contribution in [-0.4, -0.2) is 4.57 Å². The fourth-order valence-electron chi connectivity index (χ4n) is 13.4. The van der Waals surface area contributed by atoms with Crippen molar-refractivity contribution >= 4 is 38.9 Å². The van der Waals surface area contributed by atoms with Gasteiger partial charge in [-0.15, -0.1) is 0 Å². The molecule has 68 heavy (non-hydrogen) atoms. The summed E-state index contributed by atoms with van der Waals surface area (Å²) in [6, 6.07) is 83.3. The summed E-state index contributed by atoms with van der Waals surface area (Å²) in [5.41, 5.74) is 18.6. The number of rotatable bonds is 9. The molecule has 0 spiro atoms. The van der Waals surface area contributed by atoms with Gasteiger partial charge in [0.05, 0.1) is 16.7 Å². The molecule has 10 aromatic rings. The van der Waals surface area contributed by atoms with Crippen molar-refractivity contribution in [1.82, 2.24) is 4.57 Å². The lowest BCUT2D eigenvalue weighted by Crippen LogP contribution is -2.29. The Morgan fingerprint density at radius 3 is 1.46 bits per heavy atom. The van der Waals surface area contributed by atoms with E-state index in [4.69, 9.17) is 0 Å². The Balaban J connectivity index is 0.876. The summed E-state index contributed by atoms with van der Waals surface area (Å²) in [6.45, 7) is 2.53. The van der Waals surface area contributed by atoms with E-state index in [1.807, 2.05) is 0 Å². The van der Waals surface area contributed by atoms with Crippen LogP contribution in [-0.2, 0) is 5.41 Å². The summed E-state index contributed by atoms with van der Waals surface area (Å²) < 4.78 is 2.43. The SMILES string of the molecule is C[C@H]1CC2CC3CC(c4ccc(N(c5ccc(-c6ccc(-c7ccccc7-n7c8ccccc8c8ccccc87)cc6)cc5)c5cc(-c6ccccc6)cc(-c6ccccc6)c5)cc4)(C1)C[C@@H]3C2. The fourth-order valence-corrected chi connectivity index (χ4v) is 13.4. The molecule has 0 N–H and O–H groups in total. The third kappa shape index (κ3) is 7.17. The average molecular weight is 877 g/mol. The monoisotopic (exact) mass is 876 g/mol. The molecule has 0 radical (unpaired) electrons. The first-order valence-corrected chi connectivity index (χ1v) is 25.0. The van der Waals surface area contributed by atoms with Gasteiger partial charge in [-0.25, -0.2) is 0 Å². The van der Waals surface area contributed by atoms with Crippen LogP contribution in [0.5, 0.6) is 0 Å². The lowest BCUT2D eigenvalue weighted by Gasteiger charge is -2.38. The van der Waals surface area contributed by atoms with Gasteiger partial charge in [0.25, 0.3) is 0 Å². The van der Waals surface area contributed by atoms with Gasteiger partial charge in [-0.2, -0.15) is 0 Å². The average Bonchev–Trinajstić information content (AvgIpc) is 4.06.